The molecule has 0 aliphatic heterocycles. The van der Waals surface area contributed by atoms with Gasteiger partial charge < -0.3 is 10.1 Å². The standard InChI is InChI=1S/C17H21ClN2O2S/c1-12(16-5-4-10-23-16)20(2)9-8-17(21)19-14-11-13(18)6-7-15(14)22-3/h4-7,10-12H,8-9H2,1-3H3,(H,19,21). The van der Waals surface area contributed by atoms with Crippen molar-refractivity contribution < 1.29 is 9.53 Å². The van der Waals surface area contributed by atoms with Gasteiger partial charge in [0.1, 0.15) is 5.75 Å². The van der Waals surface area contributed by atoms with Crippen LogP contribution >= 0.6 is 22.9 Å². The van der Waals surface area contributed by atoms with Crippen molar-refractivity contribution in [3.63, 3.8) is 0 Å². The maximum absolute atomic E-state index is 12.2. The molecule has 0 spiro atoms. The number of nitrogens with one attached hydrogen (secondary N) is 1. The summed E-state index contributed by atoms with van der Waals surface area (Å²) in [6, 6.07) is 9.61. The SMILES string of the molecule is COc1ccc(Cl)cc1NC(=O)CCN(C)C(C)c1cccs1. The summed E-state index contributed by atoms with van der Waals surface area (Å²) in [5.74, 6) is 0.541. The van der Waals surface area contributed by atoms with Gasteiger partial charge in [0.15, 0.2) is 0 Å². The number of anilines is 1. The van der Waals surface area contributed by atoms with Gasteiger partial charge in [-0.1, -0.05) is 17.7 Å². The summed E-state index contributed by atoms with van der Waals surface area (Å²) in [6.45, 7) is 2.82. The van der Waals surface area contributed by atoms with Crippen LogP contribution in [-0.2, 0) is 4.79 Å². The second-order valence-electron chi connectivity index (χ2n) is 5.31. The van der Waals surface area contributed by atoms with Gasteiger partial charge in [0.2, 0.25) is 5.91 Å². The summed E-state index contributed by atoms with van der Waals surface area (Å²) in [6.07, 6.45) is 0.405. The Balaban J connectivity index is 1.89. The fourth-order valence-electron chi connectivity index (χ4n) is 2.21. The molecule has 1 heterocycles. The summed E-state index contributed by atoms with van der Waals surface area (Å²) >= 11 is 7.70. The molecule has 1 aromatic carbocycles. The Labute approximate surface area is 146 Å². The van der Waals surface area contributed by atoms with Gasteiger partial charge in [-0.3, -0.25) is 9.69 Å². The summed E-state index contributed by atoms with van der Waals surface area (Å²) < 4.78 is 5.23. The molecule has 0 saturated carbocycles. The van der Waals surface area contributed by atoms with E-state index in [9.17, 15) is 4.79 Å². The first-order chi connectivity index (χ1) is 11.0. The zero-order valence-corrected chi connectivity index (χ0v) is 15.1. The Morgan fingerprint density at radius 1 is 1.43 bits per heavy atom. The van der Waals surface area contributed by atoms with Gasteiger partial charge in [0.05, 0.1) is 12.8 Å². The van der Waals surface area contributed by atoms with Crippen LogP contribution in [0.3, 0.4) is 0 Å². The average molecular weight is 353 g/mol. The average Bonchev–Trinajstić information content (AvgIpc) is 3.06. The molecule has 0 bridgehead atoms. The van der Waals surface area contributed by atoms with Crippen LogP contribution in [0.15, 0.2) is 35.7 Å². The lowest BCUT2D eigenvalue weighted by Gasteiger charge is -2.23. The molecule has 6 heteroatoms. The molecule has 1 N–H and O–H groups in total. The quantitative estimate of drug-likeness (QED) is 0.801. The van der Waals surface area contributed by atoms with Crippen molar-refractivity contribution in [1.82, 2.24) is 4.90 Å². The molecular weight excluding hydrogens is 332 g/mol. The lowest BCUT2D eigenvalue weighted by molar-refractivity contribution is -0.116. The molecule has 2 aromatic rings. The lowest BCUT2D eigenvalue weighted by atomic mass is 10.2. The Kier molecular flexibility index (Phi) is 6.45. The predicted molar refractivity (Wildman–Crippen MR) is 96.6 cm³/mol. The van der Waals surface area contributed by atoms with Crippen molar-refractivity contribution in [1.29, 1.82) is 0 Å². The number of hydrogen-bond acceptors (Lipinski definition) is 4. The van der Waals surface area contributed by atoms with E-state index < -0.39 is 0 Å². The molecule has 0 radical (unpaired) electrons. The highest BCUT2D eigenvalue weighted by atomic mass is 35.5. The van der Waals surface area contributed by atoms with E-state index in [4.69, 9.17) is 16.3 Å². The van der Waals surface area contributed by atoms with Crippen LogP contribution < -0.4 is 10.1 Å². The van der Waals surface area contributed by atoms with Crippen molar-refractivity contribution in [2.75, 3.05) is 26.0 Å². The summed E-state index contributed by atoms with van der Waals surface area (Å²) in [5.41, 5.74) is 0.596. The summed E-state index contributed by atoms with van der Waals surface area (Å²) in [7, 11) is 3.59. The largest absolute Gasteiger partial charge is 0.495 e. The molecule has 1 amide bonds. The Morgan fingerprint density at radius 2 is 2.22 bits per heavy atom. The minimum Gasteiger partial charge on any atom is -0.495 e. The number of halogens is 1. The first kappa shape index (κ1) is 17.8. The van der Waals surface area contributed by atoms with Gasteiger partial charge in [0.25, 0.3) is 0 Å². The molecule has 124 valence electrons. The van der Waals surface area contributed by atoms with Gasteiger partial charge in [-0.15, -0.1) is 11.3 Å². The normalized spacial score (nSPS) is 12.2. The van der Waals surface area contributed by atoms with Crippen LogP contribution in [0.2, 0.25) is 5.02 Å². The van der Waals surface area contributed by atoms with Gasteiger partial charge in [-0.2, -0.15) is 0 Å². The van der Waals surface area contributed by atoms with Gasteiger partial charge in [0, 0.05) is 28.9 Å². The topological polar surface area (TPSA) is 41.6 Å². The zero-order valence-electron chi connectivity index (χ0n) is 13.5. The van der Waals surface area contributed by atoms with E-state index in [2.05, 4.69) is 28.6 Å². The maximum Gasteiger partial charge on any atom is 0.225 e. The highest BCUT2D eigenvalue weighted by Gasteiger charge is 2.14. The highest BCUT2D eigenvalue weighted by Crippen LogP contribution is 2.28. The van der Waals surface area contributed by atoms with Crippen LogP contribution in [0.4, 0.5) is 5.69 Å². The number of carbonyl (C=O) groups is 1. The van der Waals surface area contributed by atoms with Crippen LogP contribution in [0.25, 0.3) is 0 Å². The van der Waals surface area contributed by atoms with E-state index >= 15 is 0 Å². The number of benzene rings is 1. The van der Waals surface area contributed by atoms with Crippen molar-refractivity contribution in [3.05, 3.63) is 45.6 Å². The molecule has 4 nitrogen and oxygen atoms in total. The van der Waals surface area contributed by atoms with Gasteiger partial charge in [-0.25, -0.2) is 0 Å². The van der Waals surface area contributed by atoms with Crippen LogP contribution in [0.5, 0.6) is 5.75 Å². The van der Waals surface area contributed by atoms with E-state index in [1.165, 1.54) is 4.88 Å². The first-order valence-electron chi connectivity index (χ1n) is 7.38. The lowest BCUT2D eigenvalue weighted by Crippen LogP contribution is -2.26. The monoisotopic (exact) mass is 352 g/mol. The minimum absolute atomic E-state index is 0.0594. The highest BCUT2D eigenvalue weighted by molar-refractivity contribution is 7.10. The number of thiophene rings is 1. The van der Waals surface area contributed by atoms with Gasteiger partial charge in [-0.05, 0) is 43.6 Å². The van der Waals surface area contributed by atoms with Crippen molar-refractivity contribution >= 4 is 34.5 Å². The number of amides is 1. The fourth-order valence-corrected chi connectivity index (χ4v) is 3.23. The number of rotatable bonds is 7. The van der Waals surface area contributed by atoms with Crippen LogP contribution in [-0.4, -0.2) is 31.5 Å². The number of hydrogen-bond donors (Lipinski definition) is 1. The molecule has 23 heavy (non-hydrogen) atoms. The van der Waals surface area contributed by atoms with E-state index in [1.807, 2.05) is 13.1 Å². The van der Waals surface area contributed by atoms with E-state index in [-0.39, 0.29) is 5.91 Å². The Bertz CT molecular complexity index is 646. The summed E-state index contributed by atoms with van der Waals surface area (Å²) in [4.78, 5) is 15.6. The molecule has 0 saturated heterocycles. The number of carbonyl (C=O) groups excluding carboxylic acids is 1. The molecule has 0 aliphatic rings. The molecule has 0 fully saturated rings. The fraction of sp³-hybridized carbons (Fsp3) is 0.353. The van der Waals surface area contributed by atoms with Crippen LogP contribution in [0, 0.1) is 0 Å². The maximum atomic E-state index is 12.2. The second-order valence-corrected chi connectivity index (χ2v) is 6.73. The second kappa shape index (κ2) is 8.34. The zero-order chi connectivity index (χ0) is 16.8. The number of ether oxygens (including phenoxy) is 1. The smallest absolute Gasteiger partial charge is 0.225 e. The number of nitrogens with zero attached hydrogens (tertiary/aromatic N) is 1. The van der Waals surface area contributed by atoms with Crippen LogP contribution in [0.1, 0.15) is 24.3 Å². The van der Waals surface area contributed by atoms with E-state index in [0.717, 1.165) is 0 Å². The van der Waals surface area contributed by atoms with E-state index in [1.54, 1.807) is 36.6 Å². The van der Waals surface area contributed by atoms with Crippen molar-refractivity contribution in [2.24, 2.45) is 0 Å². The van der Waals surface area contributed by atoms with Crippen molar-refractivity contribution in [2.45, 2.75) is 19.4 Å². The molecular formula is C17H21ClN2O2S. The summed E-state index contributed by atoms with van der Waals surface area (Å²) in [5, 5.41) is 5.49. The third-order valence-electron chi connectivity index (χ3n) is 3.74. The molecule has 1 unspecified atom stereocenters. The predicted octanol–water partition coefficient (Wildman–Crippen LogP) is 4.43. The molecule has 1 aromatic heterocycles. The molecule has 0 aliphatic carbocycles. The third-order valence-corrected chi connectivity index (χ3v) is 5.02. The third kappa shape index (κ3) is 4.96. The van der Waals surface area contributed by atoms with Gasteiger partial charge >= 0.3 is 0 Å². The Hall–Kier alpha value is -1.56. The molecule has 2 rings (SSSR count). The van der Waals surface area contributed by atoms with E-state index in [0.29, 0.717) is 35.5 Å². The van der Waals surface area contributed by atoms with Crippen molar-refractivity contribution in [3.8, 4) is 5.75 Å². The minimum atomic E-state index is -0.0594. The Morgan fingerprint density at radius 3 is 2.87 bits per heavy atom. The molecule has 1 atom stereocenters. The number of methoxy groups -OCH3 is 1. The first-order valence-corrected chi connectivity index (χ1v) is 8.64.